The van der Waals surface area contributed by atoms with Gasteiger partial charge in [0, 0.05) is 64.0 Å². The van der Waals surface area contributed by atoms with E-state index in [-0.39, 0.29) is 0 Å². The Morgan fingerprint density at radius 2 is 2.29 bits per heavy atom. The Labute approximate surface area is 127 Å². The van der Waals surface area contributed by atoms with Crippen LogP contribution in [0.15, 0.2) is 18.2 Å². The van der Waals surface area contributed by atoms with Crippen LogP contribution in [0.4, 0.5) is 5.69 Å². The molecule has 1 fully saturated rings. The molecule has 0 aromatic heterocycles. The van der Waals surface area contributed by atoms with E-state index in [1.165, 1.54) is 25.1 Å². The monoisotopic (exact) mass is 287 g/mol. The normalized spacial score (nSPS) is 28.1. The molecule has 4 rings (SSSR count). The fraction of sp³-hybridized carbons (Fsp3) is 0.647. The van der Waals surface area contributed by atoms with E-state index in [1.807, 2.05) is 0 Å². The molecule has 3 heterocycles. The van der Waals surface area contributed by atoms with E-state index >= 15 is 0 Å². The van der Waals surface area contributed by atoms with Gasteiger partial charge in [0.25, 0.3) is 0 Å². The molecular weight excluding hydrogens is 262 g/mol. The molecule has 1 aromatic rings. The number of fused-ring (bicyclic) bond motifs is 3. The van der Waals surface area contributed by atoms with Gasteiger partial charge in [-0.2, -0.15) is 0 Å². The first-order valence-electron chi connectivity index (χ1n) is 8.19. The molecule has 3 aliphatic rings. The average Bonchev–Trinajstić information content (AvgIpc) is 2.68. The summed E-state index contributed by atoms with van der Waals surface area (Å²) in [6, 6.07) is 7.61. The molecule has 0 radical (unpaired) electrons. The van der Waals surface area contributed by atoms with Crippen molar-refractivity contribution in [2.75, 3.05) is 51.3 Å². The highest BCUT2D eigenvalue weighted by Gasteiger charge is 2.42. The molecule has 0 bridgehead atoms. The highest BCUT2D eigenvalue weighted by molar-refractivity contribution is 5.67. The molecule has 4 heteroatoms. The smallest absolute Gasteiger partial charge is 0.0589 e. The summed E-state index contributed by atoms with van der Waals surface area (Å²) < 4.78 is 5.25. The molecule has 1 N–H and O–H groups in total. The highest BCUT2D eigenvalue weighted by Crippen LogP contribution is 2.46. The number of para-hydroxylation sites is 1. The van der Waals surface area contributed by atoms with Crippen LogP contribution in [0.3, 0.4) is 0 Å². The van der Waals surface area contributed by atoms with Crippen molar-refractivity contribution in [3.63, 3.8) is 0 Å². The minimum absolute atomic E-state index is 0.684. The molecule has 0 saturated carbocycles. The lowest BCUT2D eigenvalue weighted by Gasteiger charge is -2.38. The standard InChI is InChI=1S/C17H25N3O/c1-21-10-9-19-7-5-16-15(12-19)14-4-2-3-13-11-18-6-8-20(16)17(13)14/h2-4,15-16,18H,5-12H2,1H3/t15-,16-/m1/s1. The molecule has 0 unspecified atom stereocenters. The van der Waals surface area contributed by atoms with Crippen LogP contribution in [0, 0.1) is 0 Å². The maximum absolute atomic E-state index is 5.25. The number of nitrogens with one attached hydrogen (secondary N) is 1. The minimum Gasteiger partial charge on any atom is -0.383 e. The van der Waals surface area contributed by atoms with Gasteiger partial charge in [0.1, 0.15) is 0 Å². The van der Waals surface area contributed by atoms with Crippen molar-refractivity contribution in [1.29, 1.82) is 0 Å². The van der Waals surface area contributed by atoms with Crippen LogP contribution in [0.25, 0.3) is 0 Å². The predicted octanol–water partition coefficient (Wildman–Crippen LogP) is 1.41. The largest absolute Gasteiger partial charge is 0.383 e. The van der Waals surface area contributed by atoms with E-state index in [0.717, 1.165) is 32.8 Å². The zero-order valence-corrected chi connectivity index (χ0v) is 12.8. The third-order valence-corrected chi connectivity index (χ3v) is 5.35. The van der Waals surface area contributed by atoms with Crippen molar-refractivity contribution in [2.45, 2.75) is 24.9 Å². The maximum atomic E-state index is 5.25. The fourth-order valence-corrected chi connectivity index (χ4v) is 4.38. The summed E-state index contributed by atoms with van der Waals surface area (Å²) in [5.41, 5.74) is 4.62. The first kappa shape index (κ1) is 13.6. The number of anilines is 1. The summed E-state index contributed by atoms with van der Waals surface area (Å²) in [7, 11) is 1.80. The van der Waals surface area contributed by atoms with E-state index in [2.05, 4.69) is 33.3 Å². The molecule has 0 amide bonds. The molecule has 0 aliphatic carbocycles. The molecule has 21 heavy (non-hydrogen) atoms. The Morgan fingerprint density at radius 1 is 1.33 bits per heavy atom. The first-order chi connectivity index (χ1) is 10.4. The van der Waals surface area contributed by atoms with Crippen molar-refractivity contribution >= 4 is 5.69 Å². The predicted molar refractivity (Wildman–Crippen MR) is 85.0 cm³/mol. The van der Waals surface area contributed by atoms with Crippen molar-refractivity contribution in [3.05, 3.63) is 29.3 Å². The van der Waals surface area contributed by atoms with Crippen LogP contribution < -0.4 is 10.2 Å². The van der Waals surface area contributed by atoms with Crippen LogP contribution >= 0.6 is 0 Å². The van der Waals surface area contributed by atoms with Gasteiger partial charge in [0.15, 0.2) is 0 Å². The number of methoxy groups -OCH3 is 1. The van der Waals surface area contributed by atoms with Crippen molar-refractivity contribution in [3.8, 4) is 0 Å². The van der Waals surface area contributed by atoms with Gasteiger partial charge in [-0.3, -0.25) is 0 Å². The Bertz CT molecular complexity index is 519. The second-order valence-electron chi connectivity index (χ2n) is 6.48. The molecule has 1 aromatic carbocycles. The van der Waals surface area contributed by atoms with E-state index in [4.69, 9.17) is 4.74 Å². The summed E-state index contributed by atoms with van der Waals surface area (Å²) in [4.78, 5) is 5.28. The fourth-order valence-electron chi connectivity index (χ4n) is 4.38. The summed E-state index contributed by atoms with van der Waals surface area (Å²) in [6.07, 6.45) is 1.28. The zero-order valence-electron chi connectivity index (χ0n) is 12.8. The van der Waals surface area contributed by atoms with E-state index < -0.39 is 0 Å². The maximum Gasteiger partial charge on any atom is 0.0589 e. The SMILES string of the molecule is COCCN1CC[C@@H]2[C@H](C1)c1cccc3c1N2CCNC3. The van der Waals surface area contributed by atoms with Gasteiger partial charge >= 0.3 is 0 Å². The van der Waals surface area contributed by atoms with Crippen LogP contribution in [0.2, 0.25) is 0 Å². The third kappa shape index (κ3) is 2.26. The van der Waals surface area contributed by atoms with Crippen molar-refractivity contribution in [1.82, 2.24) is 10.2 Å². The molecule has 3 aliphatic heterocycles. The van der Waals surface area contributed by atoms with Crippen LogP contribution in [0.5, 0.6) is 0 Å². The molecule has 0 spiro atoms. The topological polar surface area (TPSA) is 27.7 Å². The molecular formula is C17H25N3O. The molecule has 2 atom stereocenters. The van der Waals surface area contributed by atoms with Crippen LogP contribution in [-0.2, 0) is 11.3 Å². The van der Waals surface area contributed by atoms with E-state index in [1.54, 1.807) is 18.4 Å². The lowest BCUT2D eigenvalue weighted by Crippen LogP contribution is -2.47. The van der Waals surface area contributed by atoms with Gasteiger partial charge in [0.05, 0.1) is 6.61 Å². The first-order valence-corrected chi connectivity index (χ1v) is 8.19. The van der Waals surface area contributed by atoms with Gasteiger partial charge in [-0.15, -0.1) is 0 Å². The van der Waals surface area contributed by atoms with Gasteiger partial charge in [-0.1, -0.05) is 18.2 Å². The zero-order chi connectivity index (χ0) is 14.2. The summed E-state index contributed by atoms with van der Waals surface area (Å²) >= 11 is 0. The lowest BCUT2D eigenvalue weighted by molar-refractivity contribution is 0.123. The number of nitrogens with zero attached hydrogens (tertiary/aromatic N) is 2. The third-order valence-electron chi connectivity index (χ3n) is 5.35. The average molecular weight is 287 g/mol. The minimum atomic E-state index is 0.684. The number of hydrogen-bond donors (Lipinski definition) is 1. The number of ether oxygens (including phenoxy) is 1. The van der Waals surface area contributed by atoms with Gasteiger partial charge < -0.3 is 19.9 Å². The lowest BCUT2D eigenvalue weighted by atomic mass is 9.88. The Balaban J connectivity index is 1.64. The summed E-state index contributed by atoms with van der Waals surface area (Å²) in [6.45, 7) is 7.58. The number of likely N-dealkylation sites (tertiary alicyclic amines) is 1. The molecule has 114 valence electrons. The van der Waals surface area contributed by atoms with Crippen molar-refractivity contribution in [2.24, 2.45) is 0 Å². The van der Waals surface area contributed by atoms with Crippen molar-refractivity contribution < 1.29 is 4.74 Å². The summed E-state index contributed by atoms with van der Waals surface area (Å²) in [5, 5.41) is 3.56. The number of piperidine rings is 1. The second-order valence-corrected chi connectivity index (χ2v) is 6.48. The van der Waals surface area contributed by atoms with E-state index in [0.29, 0.717) is 12.0 Å². The highest BCUT2D eigenvalue weighted by atomic mass is 16.5. The summed E-state index contributed by atoms with van der Waals surface area (Å²) in [5.74, 6) is 0.684. The second kappa shape index (κ2) is 5.59. The molecule has 4 nitrogen and oxygen atoms in total. The Kier molecular flexibility index (Phi) is 3.61. The number of hydrogen-bond acceptors (Lipinski definition) is 4. The van der Waals surface area contributed by atoms with Gasteiger partial charge in [0.2, 0.25) is 0 Å². The van der Waals surface area contributed by atoms with Gasteiger partial charge in [-0.05, 0) is 17.5 Å². The number of rotatable bonds is 3. The number of benzene rings is 1. The Hall–Kier alpha value is -1.10. The van der Waals surface area contributed by atoms with Crippen LogP contribution in [-0.4, -0.2) is 57.4 Å². The molecule has 1 saturated heterocycles. The van der Waals surface area contributed by atoms with Crippen LogP contribution in [0.1, 0.15) is 23.5 Å². The van der Waals surface area contributed by atoms with E-state index in [9.17, 15) is 0 Å². The van der Waals surface area contributed by atoms with Gasteiger partial charge in [-0.25, -0.2) is 0 Å². The quantitative estimate of drug-likeness (QED) is 0.910. The Morgan fingerprint density at radius 3 is 3.19 bits per heavy atom.